The number of hydrogen-bond acceptors (Lipinski definition) is 7. The Kier molecular flexibility index (Phi) is 6.01. The third-order valence-corrected chi connectivity index (χ3v) is 5.80. The lowest BCUT2D eigenvalue weighted by atomic mass is 10.2. The maximum atomic E-state index is 13.2. The first kappa shape index (κ1) is 23.0. The summed E-state index contributed by atoms with van der Waals surface area (Å²) >= 11 is 1.43. The summed E-state index contributed by atoms with van der Waals surface area (Å²) in [6.45, 7) is 5.72. The van der Waals surface area contributed by atoms with Crippen molar-refractivity contribution in [3.05, 3.63) is 35.3 Å². The van der Waals surface area contributed by atoms with Crippen LogP contribution in [0.15, 0.2) is 23.5 Å². The van der Waals surface area contributed by atoms with Gasteiger partial charge in [0.2, 0.25) is 0 Å². The summed E-state index contributed by atoms with van der Waals surface area (Å²) < 4.78 is 42.6. The van der Waals surface area contributed by atoms with Crippen molar-refractivity contribution in [3.8, 4) is 11.4 Å². The van der Waals surface area contributed by atoms with Crippen LogP contribution in [0.3, 0.4) is 0 Å². The van der Waals surface area contributed by atoms with Gasteiger partial charge in [0.15, 0.2) is 11.3 Å². The molecule has 0 saturated carbocycles. The first-order valence-electron chi connectivity index (χ1n) is 10.0. The van der Waals surface area contributed by atoms with Crippen molar-refractivity contribution in [2.24, 2.45) is 7.05 Å². The van der Waals surface area contributed by atoms with Crippen molar-refractivity contribution in [2.45, 2.75) is 32.0 Å². The molecule has 0 spiro atoms. The number of aromatic nitrogens is 6. The van der Waals surface area contributed by atoms with Crippen molar-refractivity contribution in [3.63, 3.8) is 0 Å². The van der Waals surface area contributed by atoms with E-state index in [1.54, 1.807) is 25.5 Å². The number of pyridine rings is 1. The number of carbonyl (C=O) groups is 1. The van der Waals surface area contributed by atoms with E-state index in [2.05, 4.69) is 25.5 Å². The molecule has 1 N–H and O–H groups in total. The molecule has 174 valence electrons. The largest absolute Gasteiger partial charge is 0.417 e. The lowest BCUT2D eigenvalue weighted by Crippen LogP contribution is -2.25. The van der Waals surface area contributed by atoms with Gasteiger partial charge in [-0.05, 0) is 25.7 Å². The fourth-order valence-electron chi connectivity index (χ4n) is 3.38. The summed E-state index contributed by atoms with van der Waals surface area (Å²) in [5, 5.41) is 5.20. The molecule has 9 nitrogen and oxygen atoms in total. The Morgan fingerprint density at radius 1 is 1.21 bits per heavy atom. The van der Waals surface area contributed by atoms with Crippen LogP contribution in [0.5, 0.6) is 0 Å². The molecule has 0 saturated heterocycles. The van der Waals surface area contributed by atoms with Crippen LogP contribution in [0, 0.1) is 6.92 Å². The minimum absolute atomic E-state index is 0.110. The number of halogens is 3. The Bertz CT molecular complexity index is 1360. The van der Waals surface area contributed by atoms with Crippen molar-refractivity contribution in [1.29, 1.82) is 0 Å². The molecule has 1 amide bonds. The summed E-state index contributed by atoms with van der Waals surface area (Å²) in [4.78, 5) is 30.2. The zero-order chi connectivity index (χ0) is 23.9. The number of rotatable bonds is 6. The van der Waals surface area contributed by atoms with E-state index in [1.807, 2.05) is 6.92 Å². The molecular weight excluding hydrogens is 459 g/mol. The molecular formula is C20H20F3N7O2S. The number of hydroxylamine groups is 1. The lowest BCUT2D eigenvalue weighted by molar-refractivity contribution is -0.137. The molecule has 0 aliphatic carbocycles. The zero-order valence-electron chi connectivity index (χ0n) is 18.2. The number of alkyl halides is 3. The number of thioether (sulfide) groups is 1. The van der Waals surface area contributed by atoms with Gasteiger partial charge in [-0.2, -0.15) is 18.3 Å². The van der Waals surface area contributed by atoms with E-state index in [0.29, 0.717) is 45.8 Å². The lowest BCUT2D eigenvalue weighted by Gasteiger charge is -2.08. The molecule has 0 bridgehead atoms. The van der Waals surface area contributed by atoms with Gasteiger partial charge in [0.1, 0.15) is 16.4 Å². The number of aryl methyl sites for hydroxylation is 2. The second kappa shape index (κ2) is 8.63. The van der Waals surface area contributed by atoms with Crippen LogP contribution in [0.1, 0.15) is 35.5 Å². The SMILES string of the molecule is CCONC(=O)c1cnc2c(-c3nc4cc(C(F)(F)F)cnc4n3C)c(SCC)nn2c1C. The normalized spacial score (nSPS) is 12.1. The van der Waals surface area contributed by atoms with Gasteiger partial charge in [0.25, 0.3) is 5.91 Å². The number of nitrogens with one attached hydrogen (secondary N) is 1. The molecule has 4 aromatic heterocycles. The van der Waals surface area contributed by atoms with Gasteiger partial charge in [0, 0.05) is 19.4 Å². The Hall–Kier alpha value is -3.19. The average molecular weight is 479 g/mol. The van der Waals surface area contributed by atoms with E-state index >= 15 is 0 Å². The number of nitrogens with zero attached hydrogens (tertiary/aromatic N) is 6. The smallest absolute Gasteiger partial charge is 0.312 e. The van der Waals surface area contributed by atoms with Gasteiger partial charge >= 0.3 is 6.18 Å². The number of imidazole rings is 1. The third-order valence-electron chi connectivity index (χ3n) is 4.95. The van der Waals surface area contributed by atoms with Gasteiger partial charge in [-0.3, -0.25) is 9.63 Å². The van der Waals surface area contributed by atoms with E-state index in [4.69, 9.17) is 4.84 Å². The number of fused-ring (bicyclic) bond motifs is 2. The van der Waals surface area contributed by atoms with Gasteiger partial charge in [0.05, 0.1) is 29.0 Å². The van der Waals surface area contributed by atoms with Crippen LogP contribution in [0.4, 0.5) is 13.2 Å². The van der Waals surface area contributed by atoms with Gasteiger partial charge in [-0.1, -0.05) is 6.92 Å². The molecule has 0 fully saturated rings. The molecule has 4 aromatic rings. The molecule has 4 heterocycles. The molecule has 0 atom stereocenters. The molecule has 13 heteroatoms. The Labute approximate surface area is 190 Å². The van der Waals surface area contributed by atoms with E-state index in [0.717, 1.165) is 12.3 Å². The van der Waals surface area contributed by atoms with E-state index < -0.39 is 17.6 Å². The average Bonchev–Trinajstić information content (AvgIpc) is 3.29. The first-order valence-corrected chi connectivity index (χ1v) is 11.0. The van der Waals surface area contributed by atoms with Crippen LogP contribution in [-0.4, -0.2) is 47.4 Å². The second-order valence-electron chi connectivity index (χ2n) is 7.03. The van der Waals surface area contributed by atoms with Crippen molar-refractivity contribution >= 4 is 34.5 Å². The maximum Gasteiger partial charge on any atom is 0.417 e. The molecule has 4 rings (SSSR count). The molecule has 33 heavy (non-hydrogen) atoms. The topological polar surface area (TPSA) is 99.2 Å². The number of amides is 1. The van der Waals surface area contributed by atoms with E-state index in [1.165, 1.54) is 22.5 Å². The van der Waals surface area contributed by atoms with Crippen LogP contribution >= 0.6 is 11.8 Å². The fraction of sp³-hybridized carbons (Fsp3) is 0.350. The fourth-order valence-corrected chi connectivity index (χ4v) is 4.12. The summed E-state index contributed by atoms with van der Waals surface area (Å²) in [5.74, 6) is 0.604. The van der Waals surface area contributed by atoms with Crippen LogP contribution in [-0.2, 0) is 18.1 Å². The summed E-state index contributed by atoms with van der Waals surface area (Å²) in [6.07, 6.45) is -2.33. The highest BCUT2D eigenvalue weighted by Gasteiger charge is 2.32. The predicted molar refractivity (Wildman–Crippen MR) is 116 cm³/mol. The van der Waals surface area contributed by atoms with E-state index in [9.17, 15) is 18.0 Å². The number of carbonyl (C=O) groups excluding carboxylic acids is 1. The highest BCUT2D eigenvalue weighted by molar-refractivity contribution is 7.99. The standard InChI is InChI=1S/C20H20F3N7O2S/c1-5-32-28-18(31)12-9-25-16-14(19(33-6-2)27-30(16)10(12)3)17-26-13-7-11(20(21,22)23)8-24-15(13)29(17)4/h7-9H,5-6H2,1-4H3,(H,28,31). The van der Waals surface area contributed by atoms with Gasteiger partial charge in [-0.15, -0.1) is 11.8 Å². The van der Waals surface area contributed by atoms with E-state index in [-0.39, 0.29) is 11.1 Å². The zero-order valence-corrected chi connectivity index (χ0v) is 19.0. The third kappa shape index (κ3) is 4.02. The van der Waals surface area contributed by atoms with Crippen LogP contribution in [0.25, 0.3) is 28.2 Å². The maximum absolute atomic E-state index is 13.2. The monoisotopic (exact) mass is 479 g/mol. The summed E-state index contributed by atoms with van der Waals surface area (Å²) in [6, 6.07) is 0.971. The van der Waals surface area contributed by atoms with Gasteiger partial charge < -0.3 is 4.57 Å². The Morgan fingerprint density at radius 2 is 1.94 bits per heavy atom. The van der Waals surface area contributed by atoms with Crippen LogP contribution in [0.2, 0.25) is 0 Å². The van der Waals surface area contributed by atoms with Crippen molar-refractivity contribution in [1.82, 2.24) is 34.6 Å². The predicted octanol–water partition coefficient (Wildman–Crippen LogP) is 3.80. The highest BCUT2D eigenvalue weighted by Crippen LogP contribution is 2.36. The first-order chi connectivity index (χ1) is 15.7. The minimum atomic E-state index is -4.52. The van der Waals surface area contributed by atoms with Crippen LogP contribution < -0.4 is 5.48 Å². The molecule has 0 unspecified atom stereocenters. The second-order valence-corrected chi connectivity index (χ2v) is 8.28. The van der Waals surface area contributed by atoms with Crippen molar-refractivity contribution in [2.75, 3.05) is 12.4 Å². The minimum Gasteiger partial charge on any atom is -0.312 e. The molecule has 0 radical (unpaired) electrons. The molecule has 0 aliphatic rings. The highest BCUT2D eigenvalue weighted by atomic mass is 32.2. The van der Waals surface area contributed by atoms with Crippen molar-refractivity contribution < 1.29 is 22.8 Å². The Morgan fingerprint density at radius 3 is 2.61 bits per heavy atom. The van der Waals surface area contributed by atoms with Gasteiger partial charge in [-0.25, -0.2) is 24.9 Å². The summed E-state index contributed by atoms with van der Waals surface area (Å²) in [5.41, 5.74) is 3.65. The summed E-state index contributed by atoms with van der Waals surface area (Å²) in [7, 11) is 1.67. The Balaban J connectivity index is 1.92. The quantitative estimate of drug-likeness (QED) is 0.332. The molecule has 0 aromatic carbocycles. The molecule has 0 aliphatic heterocycles. The number of hydrogen-bond donors (Lipinski definition) is 1.